The number of methoxy groups -OCH3 is 1. The minimum Gasteiger partial charge on any atom is -0.496 e. The molecule has 2 atom stereocenters. The van der Waals surface area contributed by atoms with Crippen molar-refractivity contribution in [3.63, 3.8) is 0 Å². The van der Waals surface area contributed by atoms with Crippen LogP contribution in [0.5, 0.6) is 11.5 Å². The number of ether oxygens (including phenoxy) is 1. The van der Waals surface area contributed by atoms with Crippen molar-refractivity contribution < 1.29 is 22.1 Å². The van der Waals surface area contributed by atoms with E-state index in [0.717, 1.165) is 0 Å². The Balaban J connectivity index is 1.89. The summed E-state index contributed by atoms with van der Waals surface area (Å²) in [7, 11) is -2.49. The predicted octanol–water partition coefficient (Wildman–Crippen LogP) is 2.78. The van der Waals surface area contributed by atoms with Gasteiger partial charge in [0.2, 0.25) is 0 Å². The number of carbonyl (C=O) groups excluding carboxylic acids is 1. The Bertz CT molecular complexity index is 940. The zero-order chi connectivity index (χ0) is 17.6. The highest BCUT2D eigenvalue weighted by atomic mass is 32.2. The molecule has 6 nitrogen and oxygen atoms in total. The first kappa shape index (κ1) is 16.1. The molecule has 0 spiro atoms. The average molecular weight is 359 g/mol. The van der Waals surface area contributed by atoms with Gasteiger partial charge in [-0.3, -0.25) is 4.79 Å². The number of hydrogen-bond donors (Lipinski definition) is 0. The molecule has 0 amide bonds. The van der Waals surface area contributed by atoms with Gasteiger partial charge in [0.25, 0.3) is 0 Å². The molecular weight excluding hydrogens is 342 g/mol. The number of ketones is 1. The molecule has 2 aliphatic rings. The molecule has 7 heteroatoms. The zero-order valence-electron chi connectivity index (χ0n) is 13.6. The van der Waals surface area contributed by atoms with Crippen LogP contribution >= 0.6 is 0 Å². The third-order valence-corrected chi connectivity index (χ3v) is 6.10. The minimum atomic E-state index is -4.02. The van der Waals surface area contributed by atoms with Gasteiger partial charge in [0.1, 0.15) is 17.3 Å². The molecule has 0 saturated carbocycles. The Morgan fingerprint density at radius 3 is 2.32 bits per heavy atom. The molecule has 130 valence electrons. The van der Waals surface area contributed by atoms with Crippen molar-refractivity contribution in [1.82, 2.24) is 4.31 Å². The molecule has 4 rings (SSSR count). The largest absolute Gasteiger partial charge is 0.496 e. The molecule has 0 bridgehead atoms. The first-order valence-electron chi connectivity index (χ1n) is 7.98. The van der Waals surface area contributed by atoms with E-state index in [9.17, 15) is 13.2 Å². The van der Waals surface area contributed by atoms with Crippen LogP contribution in [0.3, 0.4) is 0 Å². The fourth-order valence-electron chi connectivity index (χ4n) is 3.65. The SMILES string of the molecule is COc1ccccc1[C@@H]1CC(=O)C[C@H]2c3ccccc3OS(=O)(=O)N12. The second-order valence-electron chi connectivity index (χ2n) is 6.13. The van der Waals surface area contributed by atoms with Crippen LogP contribution in [0.25, 0.3) is 0 Å². The van der Waals surface area contributed by atoms with Gasteiger partial charge in [-0.1, -0.05) is 36.4 Å². The predicted molar refractivity (Wildman–Crippen MR) is 90.5 cm³/mol. The summed E-state index contributed by atoms with van der Waals surface area (Å²) in [6.07, 6.45) is 0.243. The lowest BCUT2D eigenvalue weighted by Gasteiger charge is -2.43. The van der Waals surface area contributed by atoms with Gasteiger partial charge in [-0.05, 0) is 12.1 Å². The fourth-order valence-corrected chi connectivity index (χ4v) is 5.11. The van der Waals surface area contributed by atoms with Crippen LogP contribution in [0.15, 0.2) is 48.5 Å². The van der Waals surface area contributed by atoms with E-state index in [0.29, 0.717) is 16.9 Å². The van der Waals surface area contributed by atoms with Gasteiger partial charge < -0.3 is 8.92 Å². The van der Waals surface area contributed by atoms with Crippen LogP contribution in [0.2, 0.25) is 0 Å². The molecule has 0 aromatic heterocycles. The first-order chi connectivity index (χ1) is 12.0. The quantitative estimate of drug-likeness (QED) is 0.824. The Hall–Kier alpha value is -2.38. The van der Waals surface area contributed by atoms with Gasteiger partial charge in [0.15, 0.2) is 0 Å². The van der Waals surface area contributed by atoms with E-state index >= 15 is 0 Å². The van der Waals surface area contributed by atoms with Crippen molar-refractivity contribution in [2.24, 2.45) is 0 Å². The van der Waals surface area contributed by atoms with Crippen molar-refractivity contribution in [2.45, 2.75) is 24.9 Å². The standard InChI is InChI=1S/C18H17NO5S/c1-23-17-8-4-2-6-13(17)15-10-12(20)11-16-14-7-3-5-9-18(14)24-25(21,22)19(15)16/h2-9,15-16H,10-11H2,1H3/t15-,16-/m0/s1. The lowest BCUT2D eigenvalue weighted by Crippen LogP contribution is -2.47. The van der Waals surface area contributed by atoms with Crippen LogP contribution in [0.1, 0.15) is 36.1 Å². The van der Waals surface area contributed by atoms with Gasteiger partial charge in [-0.2, -0.15) is 12.7 Å². The van der Waals surface area contributed by atoms with Gasteiger partial charge in [0.05, 0.1) is 19.2 Å². The number of fused-ring (bicyclic) bond motifs is 3. The number of carbonyl (C=O) groups is 1. The maximum atomic E-state index is 12.8. The number of hydrogen-bond acceptors (Lipinski definition) is 5. The van der Waals surface area contributed by atoms with Crippen LogP contribution in [-0.2, 0) is 15.1 Å². The second kappa shape index (κ2) is 5.86. The molecule has 25 heavy (non-hydrogen) atoms. The zero-order valence-corrected chi connectivity index (χ0v) is 14.4. The van der Waals surface area contributed by atoms with Crippen molar-refractivity contribution in [3.05, 3.63) is 59.7 Å². The Morgan fingerprint density at radius 2 is 1.60 bits per heavy atom. The molecule has 0 unspecified atom stereocenters. The molecule has 2 aromatic rings. The molecular formula is C18H17NO5S. The third-order valence-electron chi connectivity index (χ3n) is 4.69. The number of benzene rings is 2. The van der Waals surface area contributed by atoms with E-state index in [1.54, 1.807) is 42.5 Å². The summed E-state index contributed by atoms with van der Waals surface area (Å²) in [4.78, 5) is 12.4. The molecule has 2 aliphatic heterocycles. The third kappa shape index (κ3) is 2.60. The van der Waals surface area contributed by atoms with Crippen LogP contribution < -0.4 is 8.92 Å². The summed E-state index contributed by atoms with van der Waals surface area (Å²) in [5.41, 5.74) is 1.37. The summed E-state index contributed by atoms with van der Waals surface area (Å²) in [6, 6.07) is 12.9. The number of rotatable bonds is 2. The van der Waals surface area contributed by atoms with Gasteiger partial charge in [-0.25, -0.2) is 0 Å². The molecule has 0 radical (unpaired) electrons. The molecule has 1 saturated heterocycles. The van der Waals surface area contributed by atoms with Crippen LogP contribution in [-0.4, -0.2) is 25.6 Å². The lowest BCUT2D eigenvalue weighted by molar-refractivity contribution is -0.123. The second-order valence-corrected chi connectivity index (χ2v) is 7.57. The molecule has 0 N–H and O–H groups in total. The Kier molecular flexibility index (Phi) is 3.77. The highest BCUT2D eigenvalue weighted by Gasteiger charge is 2.49. The average Bonchev–Trinajstić information content (AvgIpc) is 2.60. The minimum absolute atomic E-state index is 0.0176. The summed E-state index contributed by atoms with van der Waals surface area (Å²) in [5.74, 6) is 0.858. The van der Waals surface area contributed by atoms with Crippen molar-refractivity contribution in [1.29, 1.82) is 0 Å². The first-order valence-corrected chi connectivity index (χ1v) is 9.34. The molecule has 2 aromatic carbocycles. The smallest absolute Gasteiger partial charge is 0.386 e. The highest BCUT2D eigenvalue weighted by Crippen LogP contribution is 2.49. The molecule has 0 aliphatic carbocycles. The van der Waals surface area contributed by atoms with E-state index in [4.69, 9.17) is 8.92 Å². The van der Waals surface area contributed by atoms with Crippen molar-refractivity contribution in [3.8, 4) is 11.5 Å². The van der Waals surface area contributed by atoms with E-state index < -0.39 is 22.4 Å². The fraction of sp³-hybridized carbons (Fsp3) is 0.278. The van der Waals surface area contributed by atoms with Gasteiger partial charge in [-0.15, -0.1) is 0 Å². The van der Waals surface area contributed by atoms with E-state index in [1.807, 2.05) is 6.07 Å². The normalized spacial score (nSPS) is 24.8. The Labute approximate surface area is 146 Å². The summed E-state index contributed by atoms with van der Waals surface area (Å²) in [5, 5.41) is 0. The lowest BCUT2D eigenvalue weighted by atomic mass is 9.88. The topological polar surface area (TPSA) is 72.9 Å². The summed E-state index contributed by atoms with van der Waals surface area (Å²) >= 11 is 0. The van der Waals surface area contributed by atoms with Gasteiger partial charge >= 0.3 is 10.3 Å². The van der Waals surface area contributed by atoms with Crippen LogP contribution in [0, 0.1) is 0 Å². The van der Waals surface area contributed by atoms with Crippen molar-refractivity contribution >= 4 is 16.1 Å². The van der Waals surface area contributed by atoms with Gasteiger partial charge in [0, 0.05) is 24.0 Å². The van der Waals surface area contributed by atoms with E-state index in [-0.39, 0.29) is 24.4 Å². The number of nitrogens with zero attached hydrogens (tertiary/aromatic N) is 1. The van der Waals surface area contributed by atoms with Crippen LogP contribution in [0.4, 0.5) is 0 Å². The number of Topliss-reactive ketones (excluding diaryl/α,β-unsaturated/α-hetero) is 1. The van der Waals surface area contributed by atoms with Crippen molar-refractivity contribution in [2.75, 3.05) is 7.11 Å². The monoisotopic (exact) mass is 359 g/mol. The molecule has 2 heterocycles. The van der Waals surface area contributed by atoms with E-state index in [2.05, 4.69) is 0 Å². The molecule has 1 fully saturated rings. The maximum absolute atomic E-state index is 12.8. The Morgan fingerprint density at radius 1 is 1.00 bits per heavy atom. The van der Waals surface area contributed by atoms with E-state index in [1.165, 1.54) is 11.4 Å². The number of para-hydroxylation sites is 2. The highest BCUT2D eigenvalue weighted by molar-refractivity contribution is 7.84. The maximum Gasteiger partial charge on any atom is 0.386 e. The summed E-state index contributed by atoms with van der Waals surface area (Å²) < 4.78 is 37.6. The summed E-state index contributed by atoms with van der Waals surface area (Å²) in [6.45, 7) is 0. The number of piperidine rings is 1.